The fourth-order valence-corrected chi connectivity index (χ4v) is 2.90. The molecule has 0 radical (unpaired) electrons. The summed E-state index contributed by atoms with van der Waals surface area (Å²) in [5.74, 6) is 0. The van der Waals surface area contributed by atoms with Crippen LogP contribution in [0.25, 0.3) is 0 Å². The van der Waals surface area contributed by atoms with E-state index >= 15 is 0 Å². The van der Waals surface area contributed by atoms with Gasteiger partial charge in [0, 0.05) is 0 Å². The van der Waals surface area contributed by atoms with Crippen LogP contribution in [-0.4, -0.2) is 0 Å². The molecule has 0 unspecified atom stereocenters. The normalized spacial score (nSPS) is 13.9. The molecule has 100 valence electrons. The molecule has 3 heteroatoms. The molecule has 0 aromatic heterocycles. The summed E-state index contributed by atoms with van der Waals surface area (Å²) in [6, 6.07) is 13.3. The van der Waals surface area contributed by atoms with E-state index in [4.69, 9.17) is 0 Å². The smallest absolute Gasteiger partial charge is 1.00 e. The van der Waals surface area contributed by atoms with Gasteiger partial charge in [0.15, 0.2) is 0 Å². The van der Waals surface area contributed by atoms with Crippen molar-refractivity contribution in [2.45, 2.75) is 38.5 Å². The third-order valence-electron chi connectivity index (χ3n) is 3.80. The molecule has 0 spiro atoms. The van der Waals surface area contributed by atoms with Gasteiger partial charge in [-0.1, -0.05) is 38.5 Å². The summed E-state index contributed by atoms with van der Waals surface area (Å²) in [5.41, 5.74) is 6.35. The molecule has 2 aliphatic carbocycles. The third kappa shape index (κ3) is 4.59. The van der Waals surface area contributed by atoms with Crippen molar-refractivity contribution in [2.75, 3.05) is 0 Å². The van der Waals surface area contributed by atoms with Gasteiger partial charge in [0.25, 0.3) is 0 Å². The second kappa shape index (κ2) is 9.16. The summed E-state index contributed by atoms with van der Waals surface area (Å²) >= 11 is 0. The summed E-state index contributed by atoms with van der Waals surface area (Å²) in [4.78, 5) is 0. The van der Waals surface area contributed by atoms with Crippen LogP contribution in [0.2, 0.25) is 0 Å². The van der Waals surface area contributed by atoms with Crippen LogP contribution in [0.15, 0.2) is 36.4 Å². The van der Waals surface area contributed by atoms with Gasteiger partial charge in [0.2, 0.25) is 0 Å². The Bertz CT molecular complexity index is 389. The van der Waals surface area contributed by atoms with Gasteiger partial charge in [0.05, 0.1) is 0 Å². The van der Waals surface area contributed by atoms with E-state index < -0.39 is 0 Å². The third-order valence-corrected chi connectivity index (χ3v) is 3.80. The minimum atomic E-state index is 0. The van der Waals surface area contributed by atoms with Crippen LogP contribution in [0.3, 0.4) is 0 Å². The standard InChI is InChI=1S/2C8H9.2ClH.Zr/c2*1-3-7-5-2-6-8(7)4-1;;;/h2*1,3-4H,2,5-6H2;2*1H;/q2*-1;;;+4/p-2. The van der Waals surface area contributed by atoms with Gasteiger partial charge in [-0.15, -0.1) is 0 Å². The zero-order chi connectivity index (χ0) is 10.8. The Morgan fingerprint density at radius 1 is 0.684 bits per heavy atom. The first kappa shape index (κ1) is 19.2. The van der Waals surface area contributed by atoms with Gasteiger partial charge >= 0.3 is 26.2 Å². The molecular weight excluding hydrogens is 354 g/mol. The average molecular weight is 372 g/mol. The minimum absolute atomic E-state index is 0. The molecule has 2 aliphatic rings. The molecule has 0 amide bonds. The fourth-order valence-electron chi connectivity index (χ4n) is 2.90. The molecule has 0 atom stereocenters. The Labute approximate surface area is 147 Å². The van der Waals surface area contributed by atoms with Crippen molar-refractivity contribution in [3.63, 3.8) is 0 Å². The first-order chi connectivity index (χ1) is 7.93. The van der Waals surface area contributed by atoms with Crippen LogP contribution in [0.4, 0.5) is 0 Å². The van der Waals surface area contributed by atoms with Gasteiger partial charge in [-0.25, -0.2) is 12.1 Å². The van der Waals surface area contributed by atoms with E-state index in [1.54, 1.807) is 22.3 Å². The fraction of sp³-hybridized carbons (Fsp3) is 0.375. The van der Waals surface area contributed by atoms with E-state index in [0.29, 0.717) is 0 Å². The molecule has 2 aromatic carbocycles. The summed E-state index contributed by atoms with van der Waals surface area (Å²) < 4.78 is 0. The van der Waals surface area contributed by atoms with E-state index in [-0.39, 0.29) is 51.0 Å². The molecule has 0 saturated heterocycles. The van der Waals surface area contributed by atoms with Crippen molar-refractivity contribution in [1.29, 1.82) is 0 Å². The predicted octanol–water partition coefficient (Wildman–Crippen LogP) is -2.21. The van der Waals surface area contributed by atoms with E-state index in [9.17, 15) is 0 Å². The van der Waals surface area contributed by atoms with Crippen molar-refractivity contribution in [1.82, 2.24) is 0 Å². The maximum Gasteiger partial charge on any atom is 4.00 e. The van der Waals surface area contributed by atoms with Crippen LogP contribution in [0, 0.1) is 0 Å². The van der Waals surface area contributed by atoms with E-state index in [0.717, 1.165) is 0 Å². The van der Waals surface area contributed by atoms with Gasteiger partial charge < -0.3 is 24.8 Å². The molecule has 0 heterocycles. The minimum Gasteiger partial charge on any atom is -1.00 e. The SMILES string of the molecule is [Cl-].[Cl-].[Zr+4].c1cc2c([cH-]1)CCC2.c1cc2c([cH-]1)CCC2. The molecule has 4 rings (SSSR count). The van der Waals surface area contributed by atoms with Crippen LogP contribution in [-0.2, 0) is 51.9 Å². The molecule has 0 aliphatic heterocycles. The molecule has 19 heavy (non-hydrogen) atoms. The Morgan fingerprint density at radius 3 is 1.47 bits per heavy atom. The topological polar surface area (TPSA) is 0 Å². The van der Waals surface area contributed by atoms with Gasteiger partial charge in [-0.05, 0) is 0 Å². The van der Waals surface area contributed by atoms with E-state index in [2.05, 4.69) is 36.4 Å². The van der Waals surface area contributed by atoms with E-state index in [1.165, 1.54) is 38.5 Å². The first-order valence-electron chi connectivity index (χ1n) is 6.40. The monoisotopic (exact) mass is 370 g/mol. The van der Waals surface area contributed by atoms with E-state index in [1.807, 2.05) is 0 Å². The Morgan fingerprint density at radius 2 is 1.11 bits per heavy atom. The largest absolute Gasteiger partial charge is 4.00 e. The number of halogens is 2. The second-order valence-electron chi connectivity index (χ2n) is 4.86. The quantitative estimate of drug-likeness (QED) is 0.461. The molecule has 0 bridgehead atoms. The van der Waals surface area contributed by atoms with Crippen molar-refractivity contribution < 1.29 is 51.0 Å². The van der Waals surface area contributed by atoms with Crippen molar-refractivity contribution in [2.24, 2.45) is 0 Å². The maximum absolute atomic E-state index is 2.24. The zero-order valence-electron chi connectivity index (χ0n) is 11.0. The van der Waals surface area contributed by atoms with Crippen LogP contribution < -0.4 is 24.8 Å². The first-order valence-corrected chi connectivity index (χ1v) is 6.40. The maximum atomic E-state index is 2.24. The van der Waals surface area contributed by atoms with Gasteiger partial charge in [0.1, 0.15) is 0 Å². The predicted molar refractivity (Wildman–Crippen MR) is 68.1 cm³/mol. The number of rotatable bonds is 0. The molecule has 2 aromatic rings. The zero-order valence-corrected chi connectivity index (χ0v) is 14.9. The summed E-state index contributed by atoms with van der Waals surface area (Å²) in [6.07, 6.45) is 8.05. The van der Waals surface area contributed by atoms with Crippen molar-refractivity contribution in [3.8, 4) is 0 Å². The Kier molecular flexibility index (Phi) is 9.24. The molecule has 0 N–H and O–H groups in total. The summed E-state index contributed by atoms with van der Waals surface area (Å²) in [7, 11) is 0. The molecule has 0 nitrogen and oxygen atoms in total. The van der Waals surface area contributed by atoms with Crippen molar-refractivity contribution >= 4 is 0 Å². The van der Waals surface area contributed by atoms with Crippen LogP contribution in [0.5, 0.6) is 0 Å². The summed E-state index contributed by atoms with van der Waals surface area (Å²) in [5, 5.41) is 0. The molecule has 0 fully saturated rings. The van der Waals surface area contributed by atoms with Gasteiger partial charge in [-0.2, -0.15) is 46.5 Å². The van der Waals surface area contributed by atoms with Crippen LogP contribution in [0.1, 0.15) is 35.1 Å². The Hall–Kier alpha value is 0.163. The molecule has 0 saturated carbocycles. The summed E-state index contributed by atoms with van der Waals surface area (Å²) in [6.45, 7) is 0. The Balaban J connectivity index is 0.000000295. The average Bonchev–Trinajstić information content (AvgIpc) is 2.99. The number of hydrogen-bond donors (Lipinski definition) is 0. The second-order valence-corrected chi connectivity index (χ2v) is 4.86. The number of hydrogen-bond acceptors (Lipinski definition) is 0. The number of fused-ring (bicyclic) bond motifs is 2. The van der Waals surface area contributed by atoms with Crippen LogP contribution >= 0.6 is 0 Å². The number of aryl methyl sites for hydroxylation is 4. The molecular formula is C16H18Cl2Zr. The van der Waals surface area contributed by atoms with Gasteiger partial charge in [-0.3, -0.25) is 0 Å². The van der Waals surface area contributed by atoms with Crippen molar-refractivity contribution in [3.05, 3.63) is 58.7 Å².